The van der Waals surface area contributed by atoms with E-state index in [1.54, 1.807) is 0 Å². The molecule has 0 N–H and O–H groups in total. The summed E-state index contributed by atoms with van der Waals surface area (Å²) in [5.74, 6) is 0. The second-order valence-electron chi connectivity index (χ2n) is 16.6. The molecule has 53 heavy (non-hydrogen) atoms. The zero-order chi connectivity index (χ0) is 36.2. The van der Waals surface area contributed by atoms with Gasteiger partial charge in [0.25, 0.3) is 0 Å². The van der Waals surface area contributed by atoms with E-state index in [-0.39, 0.29) is 31.9 Å². The Labute approximate surface area is 329 Å². The van der Waals surface area contributed by atoms with Gasteiger partial charge >= 0.3 is 21.1 Å². The van der Waals surface area contributed by atoms with Crippen molar-refractivity contribution in [2.45, 2.75) is 57.8 Å². The van der Waals surface area contributed by atoms with Crippen molar-refractivity contribution < 1.29 is 21.1 Å². The third-order valence-electron chi connectivity index (χ3n) is 11.0. The summed E-state index contributed by atoms with van der Waals surface area (Å²) in [4.78, 5) is 8.51. The molecule has 0 aliphatic carbocycles. The Morgan fingerprint density at radius 3 is 1.92 bits per heavy atom. The van der Waals surface area contributed by atoms with Crippen LogP contribution in [0.15, 0.2) is 116 Å². The normalized spacial score (nSPS) is 18.0. The van der Waals surface area contributed by atoms with Gasteiger partial charge in [0.05, 0.1) is 0 Å². The van der Waals surface area contributed by atoms with Crippen LogP contribution in [-0.2, 0) is 37.3 Å². The van der Waals surface area contributed by atoms with E-state index in [2.05, 4.69) is 221 Å². The van der Waals surface area contributed by atoms with E-state index in [1.807, 2.05) is 0 Å². The Hall–Kier alpha value is -4.73. The molecule has 0 fully saturated rings. The second-order valence-corrected chi connectivity index (χ2v) is 16.6. The number of nitrogens with zero attached hydrogens (tertiary/aromatic N) is 5. The minimum absolute atomic E-state index is 0. The maximum atomic E-state index is 4.08. The number of aromatic nitrogens is 1. The molecular weight excluding hydrogens is 830 g/mol. The van der Waals surface area contributed by atoms with E-state index in [0.717, 1.165) is 28.2 Å². The molecule has 9 rings (SSSR count). The summed E-state index contributed by atoms with van der Waals surface area (Å²) >= 11 is 0. The predicted molar refractivity (Wildman–Crippen MR) is 215 cm³/mol. The molecule has 1 atom stereocenters. The van der Waals surface area contributed by atoms with Crippen LogP contribution in [0.1, 0.15) is 74.9 Å². The van der Waals surface area contributed by atoms with Crippen LogP contribution in [-0.4, -0.2) is 28.5 Å². The molecule has 4 heterocycles. The van der Waals surface area contributed by atoms with E-state index < -0.39 is 5.41 Å². The summed E-state index contributed by atoms with van der Waals surface area (Å²) in [5.41, 5.74) is 12.0. The van der Waals surface area contributed by atoms with Crippen LogP contribution >= 0.6 is 0 Å². The van der Waals surface area contributed by atoms with Gasteiger partial charge in [-0.1, -0.05) is 102 Å². The van der Waals surface area contributed by atoms with Crippen molar-refractivity contribution in [2.75, 3.05) is 23.9 Å². The first-order valence-corrected chi connectivity index (χ1v) is 18.2. The molecule has 3 aliphatic heterocycles. The van der Waals surface area contributed by atoms with Gasteiger partial charge in [-0.15, -0.1) is 40.7 Å². The van der Waals surface area contributed by atoms with E-state index in [4.69, 9.17) is 0 Å². The molecule has 268 valence electrons. The Morgan fingerprint density at radius 2 is 1.28 bits per heavy atom. The maximum Gasteiger partial charge on any atom is 4.00 e. The van der Waals surface area contributed by atoms with Crippen molar-refractivity contribution in [3.05, 3.63) is 175 Å². The van der Waals surface area contributed by atoms with Gasteiger partial charge in [0.2, 0.25) is 0 Å². The predicted octanol–water partition coefficient (Wildman–Crippen LogP) is 10.4. The number of anilines is 2. The topological polar surface area (TPSA) is 17.9 Å². The number of hydrogen-bond donors (Lipinski definition) is 0. The fraction of sp³-hybridized carbons (Fsp3) is 0.234. The van der Waals surface area contributed by atoms with Gasteiger partial charge in [0.15, 0.2) is 0 Å². The average molecular weight is 875 g/mol. The number of para-hydroxylation sites is 1. The molecule has 0 amide bonds. The van der Waals surface area contributed by atoms with Crippen molar-refractivity contribution in [2.24, 2.45) is 0 Å². The van der Waals surface area contributed by atoms with Crippen molar-refractivity contribution in [3.63, 3.8) is 0 Å². The van der Waals surface area contributed by atoms with Crippen LogP contribution in [0.5, 0.6) is 0 Å². The van der Waals surface area contributed by atoms with Crippen LogP contribution in [0, 0.1) is 25.5 Å². The van der Waals surface area contributed by atoms with Gasteiger partial charge in [-0.25, -0.2) is 0 Å². The van der Waals surface area contributed by atoms with Crippen molar-refractivity contribution in [1.29, 1.82) is 0 Å². The summed E-state index contributed by atoms with van der Waals surface area (Å²) in [7, 11) is 4.12. The number of benzene rings is 5. The van der Waals surface area contributed by atoms with E-state index in [0.29, 0.717) is 0 Å². The molecule has 0 radical (unpaired) electrons. The molecule has 0 saturated heterocycles. The third kappa shape index (κ3) is 5.45. The van der Waals surface area contributed by atoms with Crippen molar-refractivity contribution in [1.82, 2.24) is 14.4 Å². The fourth-order valence-corrected chi connectivity index (χ4v) is 8.26. The minimum atomic E-state index is -0.746. The smallest absolute Gasteiger partial charge is 0.510 e. The summed E-state index contributed by atoms with van der Waals surface area (Å²) in [6, 6.07) is 42.4. The number of fused-ring (bicyclic) bond motifs is 5. The molecule has 1 unspecified atom stereocenters. The molecule has 3 aliphatic rings. The number of rotatable bonds is 4. The van der Waals surface area contributed by atoms with Gasteiger partial charge in [-0.3, -0.25) is 0 Å². The van der Waals surface area contributed by atoms with Crippen LogP contribution in [0.4, 0.5) is 11.4 Å². The SMILES string of the molecule is CN1C=CN(c2[c-]c3c(cc2)-n2c4ccc(C(C)(C)C)cc4c4cccc(c42)C3(c2[c-]c(N3C=CN(C)[CH-]3)cc(C(C)(C)C)c2)c2ccccc2)[CH-]1.[Pt+4]. The summed E-state index contributed by atoms with van der Waals surface area (Å²) in [6.07, 6.45) is 8.38. The Balaban J connectivity index is 0.00000400. The molecule has 0 spiro atoms. The van der Waals surface area contributed by atoms with Gasteiger partial charge in [-0.2, -0.15) is 37.1 Å². The summed E-state index contributed by atoms with van der Waals surface area (Å²) in [6.45, 7) is 18.0. The Bertz CT molecular complexity index is 2440. The number of hydrogen-bond acceptors (Lipinski definition) is 4. The molecule has 5 aromatic carbocycles. The minimum Gasteiger partial charge on any atom is -0.510 e. The molecule has 0 saturated carbocycles. The maximum absolute atomic E-state index is 4.08. The van der Waals surface area contributed by atoms with Gasteiger partial charge in [-0.05, 0) is 78.5 Å². The van der Waals surface area contributed by atoms with Crippen LogP contribution < -0.4 is 9.80 Å². The van der Waals surface area contributed by atoms with Crippen LogP contribution in [0.25, 0.3) is 27.5 Å². The van der Waals surface area contributed by atoms with E-state index in [9.17, 15) is 0 Å². The van der Waals surface area contributed by atoms with Crippen LogP contribution in [0.3, 0.4) is 0 Å². The molecule has 6 heteroatoms. The molecular formula is C47H45N5Pt. The monoisotopic (exact) mass is 874 g/mol. The van der Waals surface area contributed by atoms with Crippen molar-refractivity contribution in [3.8, 4) is 5.69 Å². The molecule has 0 bridgehead atoms. The molecule has 5 nitrogen and oxygen atoms in total. The van der Waals surface area contributed by atoms with E-state index in [1.165, 1.54) is 44.1 Å². The first-order valence-electron chi connectivity index (χ1n) is 18.2. The fourth-order valence-electron chi connectivity index (χ4n) is 8.26. The first kappa shape index (κ1) is 35.3. The summed E-state index contributed by atoms with van der Waals surface area (Å²) in [5, 5.41) is 2.53. The zero-order valence-electron chi connectivity index (χ0n) is 31.7. The van der Waals surface area contributed by atoms with E-state index >= 15 is 0 Å². The Morgan fingerprint density at radius 1 is 0.604 bits per heavy atom. The quantitative estimate of drug-likeness (QED) is 0.164. The Kier molecular flexibility index (Phi) is 8.27. The summed E-state index contributed by atoms with van der Waals surface area (Å²) < 4.78 is 2.50. The average Bonchev–Trinajstić information content (AvgIpc) is 3.85. The van der Waals surface area contributed by atoms with Crippen LogP contribution in [0.2, 0.25) is 0 Å². The second kappa shape index (κ2) is 12.4. The van der Waals surface area contributed by atoms with Gasteiger partial charge < -0.3 is 24.2 Å². The molecule has 1 aromatic heterocycles. The van der Waals surface area contributed by atoms with Gasteiger partial charge in [0.1, 0.15) is 0 Å². The standard InChI is InChI=1S/C47H45N5.Pt/c1-45(2,3)33-17-19-42-39(28-33)38-15-12-16-40-44(38)52(42)43-20-18-36(50-23-21-48(7)30-50)29-41(43)47(40,32-13-10-9-11-14-32)35-25-34(46(4,5)6)26-37(27-35)51-24-22-49(8)31-51;/h9-26,28,30-31H,1-8H3;/q-4;+4. The van der Waals surface area contributed by atoms with Crippen molar-refractivity contribution >= 4 is 33.2 Å². The first-order chi connectivity index (χ1) is 24.8. The third-order valence-corrected chi connectivity index (χ3v) is 11.0. The largest absolute Gasteiger partial charge is 4.00 e. The van der Waals surface area contributed by atoms with Gasteiger partial charge in [0, 0.05) is 27.2 Å². The zero-order valence-corrected chi connectivity index (χ0v) is 33.9. The molecule has 6 aromatic rings.